The van der Waals surface area contributed by atoms with Crippen molar-refractivity contribution in [2.24, 2.45) is 11.8 Å². The van der Waals surface area contributed by atoms with Crippen molar-refractivity contribution >= 4 is 112 Å². The quantitative estimate of drug-likeness (QED) is 0.0167. The summed E-state index contributed by atoms with van der Waals surface area (Å²) >= 11 is 25.9. The Hall–Kier alpha value is -2.64. The molecule has 0 saturated carbocycles. The number of thiocarbonyl (C=S) groups is 4. The molecule has 0 spiro atoms. The van der Waals surface area contributed by atoms with E-state index in [2.05, 4.69) is 86.0 Å². The zero-order valence-electron chi connectivity index (χ0n) is 45.8. The molecule has 0 bridgehead atoms. The summed E-state index contributed by atoms with van der Waals surface area (Å²) in [7, 11) is 0. The molecule has 2 unspecified atom stereocenters. The van der Waals surface area contributed by atoms with Crippen LogP contribution < -0.4 is 0 Å². The summed E-state index contributed by atoms with van der Waals surface area (Å²) in [4.78, 5) is 8.27. The van der Waals surface area contributed by atoms with E-state index in [1.165, 1.54) is 249 Å². The number of hydrogen-bond acceptors (Lipinski definition) is 4. The molecule has 72 heavy (non-hydrogen) atoms. The molecule has 0 radical (unpaired) electrons. The first-order valence-corrected chi connectivity index (χ1v) is 31.9. The van der Waals surface area contributed by atoms with Crippen molar-refractivity contribution in [1.29, 1.82) is 0 Å². The maximum Gasteiger partial charge on any atom is 0.114 e. The van der Waals surface area contributed by atoms with Gasteiger partial charge in [-0.25, -0.2) is 0 Å². The van der Waals surface area contributed by atoms with Crippen LogP contribution in [0.25, 0.3) is 43.1 Å². The second-order valence-corrected chi connectivity index (χ2v) is 24.2. The predicted molar refractivity (Wildman–Crippen MR) is 335 cm³/mol. The van der Waals surface area contributed by atoms with E-state index in [0.29, 0.717) is 0 Å². The lowest BCUT2D eigenvalue weighted by molar-refractivity contribution is 0.361. The molecule has 0 N–H and O–H groups in total. The summed E-state index contributed by atoms with van der Waals surface area (Å²) in [6.07, 6.45) is 46.0. The number of benzene rings is 5. The Kier molecular flexibility index (Phi) is 23.9. The molecule has 2 aliphatic heterocycles. The average Bonchev–Trinajstić information content (AvgIpc) is 3.39. The van der Waals surface area contributed by atoms with Crippen LogP contribution in [0.4, 0.5) is 0 Å². The predicted octanol–water partition coefficient (Wildman–Crippen LogP) is 21.6. The SMILES string of the molecule is CCCCCCCCCCC(CCCCCCCC)CCN1C(=S)c2ccc3c4ccc5c6c(ccc(c7ccc(c2c37)C1=S)c64)C(=S)N(CCC(CCCCCCCC)CCCCCCCCCC)C5=S. The second-order valence-electron chi connectivity index (χ2n) is 22.6. The Morgan fingerprint density at radius 3 is 0.736 bits per heavy atom. The molecule has 0 aliphatic carbocycles. The zero-order valence-corrected chi connectivity index (χ0v) is 49.0. The van der Waals surface area contributed by atoms with Crippen LogP contribution >= 0.6 is 48.9 Å². The topological polar surface area (TPSA) is 6.48 Å². The first-order chi connectivity index (χ1) is 35.3. The fourth-order valence-corrected chi connectivity index (χ4v) is 14.4. The van der Waals surface area contributed by atoms with Gasteiger partial charge in [0.2, 0.25) is 0 Å². The Labute approximate surface area is 460 Å². The van der Waals surface area contributed by atoms with E-state index in [-0.39, 0.29) is 0 Å². The van der Waals surface area contributed by atoms with Crippen LogP contribution in [0.3, 0.4) is 0 Å². The van der Waals surface area contributed by atoms with Crippen molar-refractivity contribution in [3.05, 3.63) is 70.8 Å². The fourth-order valence-electron chi connectivity index (χ4n) is 12.8. The highest BCUT2D eigenvalue weighted by molar-refractivity contribution is 7.83. The molecule has 6 heteroatoms. The first kappa shape index (κ1) is 57.1. The zero-order chi connectivity index (χ0) is 50.7. The standard InChI is InChI=1S/C66H94N2S4/c1-5-9-13-17-21-23-27-31-35-49(33-29-25-19-15-11-7-3)45-47-67-63(69)55-41-37-51-53-39-43-57-62-58(44-40-54(60(53)62)52-38-42-56(64(67)70)61(55)59(51)52)66(72)68(65(57)71)48-46-50(34-30-26-20-16-12-8-4)36-32-28-24-22-18-14-10-6-2/h37-44,49-50H,5-36,45-48H2,1-4H3. The molecule has 5 aromatic rings. The normalized spacial score (nSPS) is 14.7. The lowest BCUT2D eigenvalue weighted by atomic mass is 9.82. The Morgan fingerprint density at radius 2 is 0.500 bits per heavy atom. The molecule has 392 valence electrons. The van der Waals surface area contributed by atoms with Crippen molar-refractivity contribution in [1.82, 2.24) is 9.80 Å². The van der Waals surface area contributed by atoms with Gasteiger partial charge in [-0.15, -0.1) is 0 Å². The van der Waals surface area contributed by atoms with Crippen molar-refractivity contribution < 1.29 is 0 Å². The average molecular weight is 1040 g/mol. The van der Waals surface area contributed by atoms with Crippen LogP contribution in [-0.4, -0.2) is 42.8 Å². The highest BCUT2D eigenvalue weighted by atomic mass is 32.1. The van der Waals surface area contributed by atoms with E-state index >= 15 is 0 Å². The third-order valence-corrected chi connectivity index (χ3v) is 19.0. The minimum absolute atomic E-state index is 0.724. The third kappa shape index (κ3) is 14.4. The van der Waals surface area contributed by atoms with Gasteiger partial charge in [0, 0.05) is 46.1 Å². The number of fused-ring (bicyclic) bond motifs is 2. The van der Waals surface area contributed by atoms with Crippen LogP contribution in [-0.2, 0) is 0 Å². The largest absolute Gasteiger partial charge is 0.323 e. The molecular weight excluding hydrogens is 949 g/mol. The summed E-state index contributed by atoms with van der Waals surface area (Å²) in [5, 5.41) is 10.1. The Bertz CT molecular complexity index is 2230. The van der Waals surface area contributed by atoms with Crippen LogP contribution in [0, 0.1) is 11.8 Å². The lowest BCUT2D eigenvalue weighted by Gasteiger charge is -2.35. The maximum absolute atomic E-state index is 6.46. The number of rotatable bonds is 38. The molecule has 2 atom stereocenters. The summed E-state index contributed by atoms with van der Waals surface area (Å²) in [6.45, 7) is 11.1. The molecule has 0 amide bonds. The molecule has 2 aliphatic rings. The monoisotopic (exact) mass is 1040 g/mol. The highest BCUT2D eigenvalue weighted by Crippen LogP contribution is 2.47. The van der Waals surface area contributed by atoms with Gasteiger partial charge in [-0.1, -0.05) is 331 Å². The van der Waals surface area contributed by atoms with Gasteiger partial charge in [-0.05, 0) is 57.0 Å². The smallest absolute Gasteiger partial charge is 0.114 e. The van der Waals surface area contributed by atoms with Gasteiger partial charge in [0.1, 0.15) is 20.0 Å². The van der Waals surface area contributed by atoms with Crippen molar-refractivity contribution in [3.8, 4) is 0 Å². The molecule has 0 saturated heterocycles. The molecular formula is C66H94N2S4. The van der Waals surface area contributed by atoms with E-state index in [9.17, 15) is 0 Å². The number of nitrogens with zero attached hydrogens (tertiary/aromatic N) is 2. The van der Waals surface area contributed by atoms with E-state index in [0.717, 1.165) is 80.0 Å². The molecule has 7 rings (SSSR count). The summed E-state index contributed by atoms with van der Waals surface area (Å²) in [5.74, 6) is 1.45. The van der Waals surface area contributed by atoms with Crippen molar-refractivity contribution in [2.45, 2.75) is 246 Å². The van der Waals surface area contributed by atoms with Crippen LogP contribution in [0.15, 0.2) is 48.5 Å². The molecule has 0 fully saturated rings. The van der Waals surface area contributed by atoms with Gasteiger partial charge in [-0.2, -0.15) is 0 Å². The first-order valence-electron chi connectivity index (χ1n) is 30.3. The summed E-state index contributed by atoms with van der Waals surface area (Å²) in [5.41, 5.74) is 4.64. The minimum Gasteiger partial charge on any atom is -0.323 e. The van der Waals surface area contributed by atoms with E-state index < -0.39 is 0 Å². The van der Waals surface area contributed by atoms with Crippen LogP contribution in [0.5, 0.6) is 0 Å². The maximum atomic E-state index is 6.46. The lowest BCUT2D eigenvalue weighted by Crippen LogP contribution is -2.40. The molecule has 5 aromatic carbocycles. The van der Waals surface area contributed by atoms with Crippen LogP contribution in [0.2, 0.25) is 0 Å². The van der Waals surface area contributed by atoms with E-state index in [1.807, 2.05) is 0 Å². The van der Waals surface area contributed by atoms with Gasteiger partial charge in [-0.3, -0.25) is 0 Å². The molecule has 2 heterocycles. The third-order valence-electron chi connectivity index (χ3n) is 17.2. The summed E-state index contributed by atoms with van der Waals surface area (Å²) in [6, 6.07) is 18.6. The van der Waals surface area contributed by atoms with Crippen molar-refractivity contribution in [2.75, 3.05) is 13.1 Å². The number of hydrogen-bond donors (Lipinski definition) is 0. The fraction of sp³-hybridized carbons (Fsp3) is 0.636. The van der Waals surface area contributed by atoms with Gasteiger partial charge in [0.15, 0.2) is 0 Å². The Balaban J connectivity index is 1.07. The van der Waals surface area contributed by atoms with Gasteiger partial charge >= 0.3 is 0 Å². The van der Waals surface area contributed by atoms with Crippen LogP contribution in [0.1, 0.15) is 268 Å². The molecule has 2 nitrogen and oxygen atoms in total. The summed E-state index contributed by atoms with van der Waals surface area (Å²) < 4.78 is 0. The van der Waals surface area contributed by atoms with E-state index in [4.69, 9.17) is 48.9 Å². The van der Waals surface area contributed by atoms with Crippen molar-refractivity contribution in [3.63, 3.8) is 0 Å². The molecule has 0 aromatic heterocycles. The van der Waals surface area contributed by atoms with E-state index in [1.54, 1.807) is 0 Å². The Morgan fingerprint density at radius 1 is 0.278 bits per heavy atom. The minimum atomic E-state index is 0.724. The van der Waals surface area contributed by atoms with Gasteiger partial charge < -0.3 is 9.80 Å². The highest BCUT2D eigenvalue weighted by Gasteiger charge is 2.33. The number of unbranched alkanes of at least 4 members (excludes halogenated alkanes) is 24. The second kappa shape index (κ2) is 30.2. The van der Waals surface area contributed by atoms with Gasteiger partial charge in [0.25, 0.3) is 0 Å². The van der Waals surface area contributed by atoms with Gasteiger partial charge in [0.05, 0.1) is 0 Å².